The molecule has 1 aromatic heterocycles. The van der Waals surface area contributed by atoms with Gasteiger partial charge in [-0.3, -0.25) is 5.10 Å². The molecule has 2 N–H and O–H groups in total. The summed E-state index contributed by atoms with van der Waals surface area (Å²) in [6.07, 6.45) is 2.32. The molecule has 0 aliphatic carbocycles. The minimum atomic E-state index is 1.09. The van der Waals surface area contributed by atoms with Crippen LogP contribution in [-0.2, 0) is 6.42 Å². The molecule has 3 nitrogen and oxygen atoms in total. The summed E-state index contributed by atoms with van der Waals surface area (Å²) in [4.78, 5) is 0. The molecule has 0 fully saturated rings. The Morgan fingerprint density at radius 3 is 3.20 bits per heavy atom. The Kier molecular flexibility index (Phi) is 1.16. The molecule has 1 aliphatic heterocycles. The zero-order valence-corrected chi connectivity index (χ0v) is 6.07. The Hall–Kier alpha value is -0.990. The summed E-state index contributed by atoms with van der Waals surface area (Å²) in [5, 5.41) is 10.5. The molecule has 0 aromatic carbocycles. The SMILES string of the molecule is Cc1[nH]nc2c1NCCC2. The first kappa shape index (κ1) is 5.77. The van der Waals surface area contributed by atoms with Crippen molar-refractivity contribution in [2.75, 3.05) is 11.9 Å². The molecule has 0 spiro atoms. The molecule has 0 atom stereocenters. The molecule has 0 saturated heterocycles. The van der Waals surface area contributed by atoms with Gasteiger partial charge in [0, 0.05) is 6.54 Å². The van der Waals surface area contributed by atoms with Gasteiger partial charge in [-0.1, -0.05) is 0 Å². The van der Waals surface area contributed by atoms with Gasteiger partial charge in [0.15, 0.2) is 0 Å². The average molecular weight is 137 g/mol. The number of aromatic nitrogens is 2. The quantitative estimate of drug-likeness (QED) is 0.561. The monoisotopic (exact) mass is 137 g/mol. The van der Waals surface area contributed by atoms with E-state index in [9.17, 15) is 0 Å². The predicted molar refractivity (Wildman–Crippen MR) is 40.1 cm³/mol. The first-order chi connectivity index (χ1) is 4.88. The largest absolute Gasteiger partial charge is 0.382 e. The van der Waals surface area contributed by atoms with Crippen molar-refractivity contribution in [3.8, 4) is 0 Å². The molecule has 3 heteroatoms. The highest BCUT2D eigenvalue weighted by atomic mass is 15.2. The maximum absolute atomic E-state index is 4.17. The summed E-state index contributed by atoms with van der Waals surface area (Å²) in [5.41, 5.74) is 3.59. The van der Waals surface area contributed by atoms with Crippen LogP contribution >= 0.6 is 0 Å². The van der Waals surface area contributed by atoms with E-state index in [2.05, 4.69) is 15.5 Å². The number of hydrogen-bond acceptors (Lipinski definition) is 2. The average Bonchev–Trinajstić information content (AvgIpc) is 2.34. The third-order valence-electron chi connectivity index (χ3n) is 1.91. The highest BCUT2D eigenvalue weighted by molar-refractivity contribution is 5.53. The van der Waals surface area contributed by atoms with Crippen molar-refractivity contribution in [1.82, 2.24) is 10.2 Å². The fourth-order valence-corrected chi connectivity index (χ4v) is 1.36. The Morgan fingerprint density at radius 2 is 2.40 bits per heavy atom. The van der Waals surface area contributed by atoms with Gasteiger partial charge < -0.3 is 5.32 Å². The van der Waals surface area contributed by atoms with Crippen LogP contribution in [0.15, 0.2) is 0 Å². The summed E-state index contributed by atoms with van der Waals surface area (Å²) in [5.74, 6) is 0. The number of fused-ring (bicyclic) bond motifs is 1. The Balaban J connectivity index is 2.45. The molecule has 0 saturated carbocycles. The third-order valence-corrected chi connectivity index (χ3v) is 1.91. The van der Waals surface area contributed by atoms with E-state index in [0.29, 0.717) is 0 Å². The van der Waals surface area contributed by atoms with Gasteiger partial charge in [0.1, 0.15) is 0 Å². The van der Waals surface area contributed by atoms with Crippen molar-refractivity contribution in [3.05, 3.63) is 11.4 Å². The zero-order chi connectivity index (χ0) is 6.97. The minimum absolute atomic E-state index is 1.09. The lowest BCUT2D eigenvalue weighted by Gasteiger charge is -2.12. The summed E-state index contributed by atoms with van der Waals surface area (Å²) >= 11 is 0. The number of H-pyrrole nitrogens is 1. The molecule has 1 aromatic rings. The van der Waals surface area contributed by atoms with E-state index in [1.54, 1.807) is 0 Å². The van der Waals surface area contributed by atoms with Crippen molar-refractivity contribution < 1.29 is 0 Å². The lowest BCUT2D eigenvalue weighted by Crippen LogP contribution is -2.10. The second kappa shape index (κ2) is 2.01. The van der Waals surface area contributed by atoms with Crippen molar-refractivity contribution in [2.24, 2.45) is 0 Å². The molecule has 0 bridgehead atoms. The Bertz CT molecular complexity index is 239. The van der Waals surface area contributed by atoms with Crippen LogP contribution in [0.2, 0.25) is 0 Å². The van der Waals surface area contributed by atoms with Gasteiger partial charge in [-0.05, 0) is 19.8 Å². The number of aryl methyl sites for hydroxylation is 2. The van der Waals surface area contributed by atoms with Crippen molar-refractivity contribution in [1.29, 1.82) is 0 Å². The highest BCUT2D eigenvalue weighted by Crippen LogP contribution is 2.21. The van der Waals surface area contributed by atoms with Crippen LogP contribution in [0, 0.1) is 6.92 Å². The van der Waals surface area contributed by atoms with E-state index < -0.39 is 0 Å². The third kappa shape index (κ3) is 0.701. The molecule has 0 radical (unpaired) electrons. The van der Waals surface area contributed by atoms with Crippen LogP contribution in [0.25, 0.3) is 0 Å². The molecule has 2 heterocycles. The van der Waals surface area contributed by atoms with Gasteiger partial charge in [-0.15, -0.1) is 0 Å². The summed E-state index contributed by atoms with van der Waals surface area (Å²) in [6, 6.07) is 0. The second-order valence-corrected chi connectivity index (χ2v) is 2.70. The summed E-state index contributed by atoms with van der Waals surface area (Å²) in [7, 11) is 0. The number of hydrogen-bond donors (Lipinski definition) is 2. The Labute approximate surface area is 59.8 Å². The van der Waals surface area contributed by atoms with Crippen LogP contribution in [0.1, 0.15) is 17.8 Å². The minimum Gasteiger partial charge on any atom is -0.382 e. The predicted octanol–water partition coefficient (Wildman–Crippen LogP) is 1.08. The van der Waals surface area contributed by atoms with E-state index in [-0.39, 0.29) is 0 Å². The van der Waals surface area contributed by atoms with Crippen molar-refractivity contribution >= 4 is 5.69 Å². The zero-order valence-electron chi connectivity index (χ0n) is 6.07. The van der Waals surface area contributed by atoms with Crippen molar-refractivity contribution in [2.45, 2.75) is 19.8 Å². The van der Waals surface area contributed by atoms with Crippen LogP contribution in [-0.4, -0.2) is 16.7 Å². The van der Waals surface area contributed by atoms with Crippen molar-refractivity contribution in [3.63, 3.8) is 0 Å². The van der Waals surface area contributed by atoms with Gasteiger partial charge in [0.05, 0.1) is 17.1 Å². The number of aromatic amines is 1. The highest BCUT2D eigenvalue weighted by Gasteiger charge is 2.12. The van der Waals surface area contributed by atoms with E-state index in [0.717, 1.165) is 18.7 Å². The number of nitrogens with zero attached hydrogens (tertiary/aromatic N) is 1. The van der Waals surface area contributed by atoms with Gasteiger partial charge in [0.2, 0.25) is 0 Å². The van der Waals surface area contributed by atoms with Gasteiger partial charge in [-0.2, -0.15) is 5.10 Å². The first-order valence-corrected chi connectivity index (χ1v) is 3.65. The number of anilines is 1. The first-order valence-electron chi connectivity index (χ1n) is 3.65. The van der Waals surface area contributed by atoms with Gasteiger partial charge in [-0.25, -0.2) is 0 Å². The van der Waals surface area contributed by atoms with Crippen LogP contribution in [0.4, 0.5) is 5.69 Å². The Morgan fingerprint density at radius 1 is 1.50 bits per heavy atom. The molecule has 54 valence electrons. The molecule has 0 amide bonds. The fraction of sp³-hybridized carbons (Fsp3) is 0.571. The molecule has 2 rings (SSSR count). The van der Waals surface area contributed by atoms with Gasteiger partial charge >= 0.3 is 0 Å². The van der Waals surface area contributed by atoms with Gasteiger partial charge in [0.25, 0.3) is 0 Å². The van der Waals surface area contributed by atoms with Crippen LogP contribution in [0.3, 0.4) is 0 Å². The normalized spacial score (nSPS) is 16.1. The fourth-order valence-electron chi connectivity index (χ4n) is 1.36. The molecule has 10 heavy (non-hydrogen) atoms. The van der Waals surface area contributed by atoms with Crippen LogP contribution in [0.5, 0.6) is 0 Å². The molecular formula is C7H11N3. The molecular weight excluding hydrogens is 126 g/mol. The number of nitrogens with one attached hydrogen (secondary N) is 2. The lowest BCUT2D eigenvalue weighted by molar-refractivity contribution is 0.801. The smallest absolute Gasteiger partial charge is 0.0856 e. The number of rotatable bonds is 0. The van der Waals surface area contributed by atoms with E-state index in [1.165, 1.54) is 17.8 Å². The summed E-state index contributed by atoms with van der Waals surface area (Å²) < 4.78 is 0. The van der Waals surface area contributed by atoms with E-state index in [4.69, 9.17) is 0 Å². The maximum Gasteiger partial charge on any atom is 0.0856 e. The maximum atomic E-state index is 4.17. The topological polar surface area (TPSA) is 40.7 Å². The molecule has 1 aliphatic rings. The second-order valence-electron chi connectivity index (χ2n) is 2.70. The van der Waals surface area contributed by atoms with E-state index >= 15 is 0 Å². The van der Waals surface area contributed by atoms with Crippen LogP contribution < -0.4 is 5.32 Å². The standard InChI is InChI=1S/C7H11N3/c1-5-7-6(10-9-5)3-2-4-8-7/h8H,2-4H2,1H3,(H,9,10). The lowest BCUT2D eigenvalue weighted by atomic mass is 10.1. The molecule has 0 unspecified atom stereocenters. The van der Waals surface area contributed by atoms with E-state index in [1.807, 2.05) is 6.92 Å². The summed E-state index contributed by atoms with van der Waals surface area (Å²) in [6.45, 7) is 3.14.